The number of benzene rings is 3. The van der Waals surface area contributed by atoms with E-state index in [1.807, 2.05) is 30.3 Å². The molecule has 36 heavy (non-hydrogen) atoms. The normalized spacial score (nSPS) is 11.5. The van der Waals surface area contributed by atoms with Crippen molar-refractivity contribution in [3.63, 3.8) is 0 Å². The van der Waals surface area contributed by atoms with Gasteiger partial charge >= 0.3 is 12.1 Å². The summed E-state index contributed by atoms with van der Waals surface area (Å²) in [6.07, 6.45) is -0.775. The summed E-state index contributed by atoms with van der Waals surface area (Å²) < 4.78 is 10.7. The molecular weight excluding hydrogens is 527 g/mol. The molecule has 0 saturated heterocycles. The minimum Gasteiger partial charge on any atom is -0.445 e. The summed E-state index contributed by atoms with van der Waals surface area (Å²) >= 11 is 18.0. The molecule has 3 aromatic carbocycles. The van der Waals surface area contributed by atoms with Gasteiger partial charge in [-0.2, -0.15) is 0 Å². The maximum atomic E-state index is 13.0. The van der Waals surface area contributed by atoms with Gasteiger partial charge in [0.2, 0.25) is 0 Å². The van der Waals surface area contributed by atoms with Crippen LogP contribution in [0.5, 0.6) is 5.75 Å². The molecule has 0 fully saturated rings. The highest BCUT2D eigenvalue weighted by atomic mass is 35.5. The molecule has 0 aliphatic heterocycles. The van der Waals surface area contributed by atoms with Gasteiger partial charge in [-0.3, -0.25) is 4.79 Å². The minimum atomic E-state index is -1.03. The van der Waals surface area contributed by atoms with Gasteiger partial charge in [-0.1, -0.05) is 79.0 Å². The number of carbonyl (C=O) groups excluding carboxylic acids is 3. The SMILES string of the molecule is CC(C)[C@H](NC(=O)OCc1ccccc1)C(=O)Oc1ccc(Cl)cc1C(=O)Nc1ccc(Cl)c(Cl)c1. The molecule has 2 N–H and O–H groups in total. The zero-order valence-corrected chi connectivity index (χ0v) is 21.7. The third kappa shape index (κ3) is 7.62. The Kier molecular flexibility index (Phi) is 9.58. The first kappa shape index (κ1) is 27.3. The molecule has 3 rings (SSSR count). The lowest BCUT2D eigenvalue weighted by Gasteiger charge is -2.21. The zero-order chi connectivity index (χ0) is 26.2. The summed E-state index contributed by atoms with van der Waals surface area (Å²) in [5.41, 5.74) is 1.20. The van der Waals surface area contributed by atoms with Gasteiger partial charge in [0.25, 0.3) is 5.91 Å². The molecule has 0 radical (unpaired) electrons. The highest BCUT2D eigenvalue weighted by Crippen LogP contribution is 2.28. The van der Waals surface area contributed by atoms with Gasteiger partial charge in [0.05, 0.1) is 15.6 Å². The number of esters is 1. The molecule has 0 unspecified atom stereocenters. The Morgan fingerprint density at radius 1 is 0.889 bits per heavy atom. The van der Waals surface area contributed by atoms with E-state index in [0.717, 1.165) is 5.56 Å². The fourth-order valence-electron chi connectivity index (χ4n) is 3.10. The number of hydrogen-bond donors (Lipinski definition) is 2. The van der Waals surface area contributed by atoms with Gasteiger partial charge in [0.15, 0.2) is 0 Å². The van der Waals surface area contributed by atoms with Crippen LogP contribution in [0.4, 0.5) is 10.5 Å². The van der Waals surface area contributed by atoms with Gasteiger partial charge in [-0.25, -0.2) is 9.59 Å². The molecule has 7 nitrogen and oxygen atoms in total. The van der Waals surface area contributed by atoms with Gasteiger partial charge in [0.1, 0.15) is 18.4 Å². The Morgan fingerprint density at radius 2 is 1.61 bits per heavy atom. The lowest BCUT2D eigenvalue weighted by molar-refractivity contribution is -0.137. The van der Waals surface area contributed by atoms with E-state index in [0.29, 0.717) is 10.7 Å². The molecule has 3 aromatic rings. The summed E-state index contributed by atoms with van der Waals surface area (Å²) in [5, 5.41) is 6.05. The van der Waals surface area contributed by atoms with Crippen molar-refractivity contribution in [3.8, 4) is 5.75 Å². The van der Waals surface area contributed by atoms with E-state index in [9.17, 15) is 14.4 Å². The van der Waals surface area contributed by atoms with Crippen LogP contribution in [0.1, 0.15) is 29.8 Å². The van der Waals surface area contributed by atoms with Crippen molar-refractivity contribution < 1.29 is 23.9 Å². The number of anilines is 1. The summed E-state index contributed by atoms with van der Waals surface area (Å²) in [4.78, 5) is 38.2. The smallest absolute Gasteiger partial charge is 0.408 e. The zero-order valence-electron chi connectivity index (χ0n) is 19.4. The Balaban J connectivity index is 1.71. The van der Waals surface area contributed by atoms with Gasteiger partial charge in [0, 0.05) is 10.7 Å². The van der Waals surface area contributed by atoms with Crippen LogP contribution in [0, 0.1) is 5.92 Å². The van der Waals surface area contributed by atoms with Crippen LogP contribution >= 0.6 is 34.8 Å². The fraction of sp³-hybridized carbons (Fsp3) is 0.192. The van der Waals surface area contributed by atoms with Crippen molar-refractivity contribution in [2.75, 3.05) is 5.32 Å². The molecule has 1 atom stereocenters. The summed E-state index contributed by atoms with van der Waals surface area (Å²) in [6, 6.07) is 16.9. The number of amides is 2. The van der Waals surface area contributed by atoms with Gasteiger partial charge in [-0.05, 0) is 47.9 Å². The second kappa shape index (κ2) is 12.6. The van der Waals surface area contributed by atoms with Crippen LogP contribution in [0.2, 0.25) is 15.1 Å². The van der Waals surface area contributed by atoms with Crippen molar-refractivity contribution in [1.82, 2.24) is 5.32 Å². The highest BCUT2D eigenvalue weighted by Gasteiger charge is 2.28. The monoisotopic (exact) mass is 548 g/mol. The van der Waals surface area contributed by atoms with E-state index in [4.69, 9.17) is 44.3 Å². The lowest BCUT2D eigenvalue weighted by atomic mass is 10.0. The van der Waals surface area contributed by atoms with Crippen LogP contribution in [-0.4, -0.2) is 24.0 Å². The van der Waals surface area contributed by atoms with Crippen LogP contribution in [0.3, 0.4) is 0 Å². The van der Waals surface area contributed by atoms with E-state index in [1.54, 1.807) is 19.9 Å². The molecule has 0 heterocycles. The summed E-state index contributed by atoms with van der Waals surface area (Å²) in [6.45, 7) is 3.52. The highest BCUT2D eigenvalue weighted by molar-refractivity contribution is 6.42. The van der Waals surface area contributed by atoms with Gasteiger partial charge in [-0.15, -0.1) is 0 Å². The number of hydrogen-bond acceptors (Lipinski definition) is 5. The summed E-state index contributed by atoms with van der Waals surface area (Å²) in [7, 11) is 0. The number of ether oxygens (including phenoxy) is 2. The Hall–Kier alpha value is -3.26. The lowest BCUT2D eigenvalue weighted by Crippen LogP contribution is -2.46. The largest absolute Gasteiger partial charge is 0.445 e. The number of rotatable bonds is 8. The average Bonchev–Trinajstić information content (AvgIpc) is 2.85. The first-order chi connectivity index (χ1) is 17.1. The number of halogens is 3. The predicted octanol–water partition coefficient (Wildman–Crippen LogP) is 6.76. The van der Waals surface area contributed by atoms with E-state index in [1.165, 1.54) is 30.3 Å². The Bertz CT molecular complexity index is 1250. The van der Waals surface area contributed by atoms with E-state index in [2.05, 4.69) is 10.6 Å². The van der Waals surface area contributed by atoms with Crippen molar-refractivity contribution in [3.05, 3.63) is 92.9 Å². The quantitative estimate of drug-likeness (QED) is 0.239. The van der Waals surface area contributed by atoms with Crippen molar-refractivity contribution in [2.24, 2.45) is 5.92 Å². The maximum Gasteiger partial charge on any atom is 0.408 e. The fourth-order valence-corrected chi connectivity index (χ4v) is 3.57. The topological polar surface area (TPSA) is 93.7 Å². The Morgan fingerprint density at radius 3 is 2.28 bits per heavy atom. The molecule has 10 heteroatoms. The second-order valence-corrected chi connectivity index (χ2v) is 9.32. The molecule has 0 spiro atoms. The molecule has 0 aliphatic carbocycles. The van der Waals surface area contributed by atoms with Crippen molar-refractivity contribution in [1.29, 1.82) is 0 Å². The van der Waals surface area contributed by atoms with Crippen LogP contribution in [-0.2, 0) is 16.1 Å². The third-order valence-corrected chi connectivity index (χ3v) is 5.96. The number of alkyl carbamates (subject to hydrolysis) is 1. The van der Waals surface area contributed by atoms with Crippen LogP contribution in [0.25, 0.3) is 0 Å². The van der Waals surface area contributed by atoms with Crippen LogP contribution < -0.4 is 15.4 Å². The number of carbonyl (C=O) groups is 3. The first-order valence-electron chi connectivity index (χ1n) is 10.9. The van der Waals surface area contributed by atoms with Crippen molar-refractivity contribution >= 4 is 58.5 Å². The molecule has 0 bridgehead atoms. The predicted molar refractivity (Wildman–Crippen MR) is 140 cm³/mol. The summed E-state index contributed by atoms with van der Waals surface area (Å²) in [5.74, 6) is -1.72. The standard InChI is InChI=1S/C26H23Cl3N2O5/c1-15(2)23(31-26(34)35-14-16-6-4-3-5-7-16)25(33)36-22-11-8-17(27)12-19(22)24(32)30-18-9-10-20(28)21(29)13-18/h3-13,15,23H,14H2,1-2H3,(H,30,32)(H,31,34)/t23-/m0/s1. The average molecular weight is 550 g/mol. The molecule has 0 aliphatic rings. The Labute approximate surface area is 223 Å². The molecule has 0 aromatic heterocycles. The molecular formula is C26H23Cl3N2O5. The van der Waals surface area contributed by atoms with Crippen LogP contribution in [0.15, 0.2) is 66.7 Å². The second-order valence-electron chi connectivity index (χ2n) is 8.07. The van der Waals surface area contributed by atoms with E-state index >= 15 is 0 Å². The molecule has 2 amide bonds. The van der Waals surface area contributed by atoms with E-state index in [-0.39, 0.29) is 33.9 Å². The first-order valence-corrected chi connectivity index (χ1v) is 12.0. The van der Waals surface area contributed by atoms with E-state index < -0.39 is 24.0 Å². The maximum absolute atomic E-state index is 13.0. The number of nitrogens with one attached hydrogen (secondary N) is 2. The third-order valence-electron chi connectivity index (χ3n) is 4.98. The molecule has 188 valence electrons. The minimum absolute atomic E-state index is 0.0103. The van der Waals surface area contributed by atoms with Crippen molar-refractivity contribution in [2.45, 2.75) is 26.5 Å². The molecule has 0 saturated carbocycles. The van der Waals surface area contributed by atoms with Gasteiger partial charge < -0.3 is 20.1 Å².